The quantitative estimate of drug-likeness (QED) is 0.820. The van der Waals surface area contributed by atoms with Crippen LogP contribution in [0.1, 0.15) is 24.1 Å². The number of hydrogen-bond acceptors (Lipinski definition) is 2. The summed E-state index contributed by atoms with van der Waals surface area (Å²) in [5.41, 5.74) is 0.596. The van der Waals surface area contributed by atoms with E-state index in [0.29, 0.717) is 11.8 Å². The lowest BCUT2D eigenvalue weighted by Crippen LogP contribution is -2.54. The van der Waals surface area contributed by atoms with Gasteiger partial charge in [0.15, 0.2) is 0 Å². The van der Waals surface area contributed by atoms with Crippen LogP contribution in [0.2, 0.25) is 0 Å². The molecule has 0 aliphatic carbocycles. The van der Waals surface area contributed by atoms with Gasteiger partial charge in [0.05, 0.1) is 5.56 Å². The summed E-state index contributed by atoms with van der Waals surface area (Å²) < 4.78 is 43.3. The van der Waals surface area contributed by atoms with Crippen molar-refractivity contribution in [3.63, 3.8) is 0 Å². The van der Waals surface area contributed by atoms with Gasteiger partial charge in [0.25, 0.3) is 0 Å². The second-order valence-electron chi connectivity index (χ2n) is 5.80. The Bertz CT molecular complexity index is 634. The summed E-state index contributed by atoms with van der Waals surface area (Å²) in [6, 6.07) is 15.4. The van der Waals surface area contributed by atoms with Crippen molar-refractivity contribution in [2.45, 2.75) is 25.2 Å². The van der Waals surface area contributed by atoms with Gasteiger partial charge in [-0.25, -0.2) is 0 Å². The number of alkyl halides is 3. The van der Waals surface area contributed by atoms with Crippen LogP contribution in [-0.4, -0.2) is 24.1 Å². The molecule has 0 saturated carbocycles. The average Bonchev–Trinajstić information content (AvgIpc) is 2.50. The molecule has 2 aromatic rings. The number of rotatable bonds is 4. The van der Waals surface area contributed by atoms with Crippen LogP contribution < -0.4 is 4.74 Å². The van der Waals surface area contributed by atoms with Crippen LogP contribution >= 0.6 is 0 Å². The molecule has 0 aromatic heterocycles. The number of hydrogen-bond donors (Lipinski definition) is 0. The van der Waals surface area contributed by atoms with Crippen molar-refractivity contribution in [3.05, 3.63) is 65.7 Å². The summed E-state index contributed by atoms with van der Waals surface area (Å²) in [6.07, 6.45) is -4.28. The molecular weight excluding hydrogens is 303 g/mol. The van der Waals surface area contributed by atoms with Crippen molar-refractivity contribution in [1.82, 2.24) is 4.90 Å². The molecule has 2 nitrogen and oxygen atoms in total. The maximum atomic E-state index is 12.5. The number of halogens is 3. The van der Waals surface area contributed by atoms with Crippen molar-refractivity contribution in [2.24, 2.45) is 0 Å². The third kappa shape index (κ3) is 3.67. The Morgan fingerprint density at radius 2 is 1.61 bits per heavy atom. The van der Waals surface area contributed by atoms with Crippen LogP contribution in [0, 0.1) is 0 Å². The van der Waals surface area contributed by atoms with Gasteiger partial charge in [-0.3, -0.25) is 4.90 Å². The van der Waals surface area contributed by atoms with Crippen LogP contribution in [0.4, 0.5) is 13.2 Å². The zero-order valence-corrected chi connectivity index (χ0v) is 12.8. The van der Waals surface area contributed by atoms with E-state index in [4.69, 9.17) is 4.74 Å². The van der Waals surface area contributed by atoms with Gasteiger partial charge >= 0.3 is 6.18 Å². The van der Waals surface area contributed by atoms with Gasteiger partial charge in [0.2, 0.25) is 0 Å². The molecule has 1 unspecified atom stereocenters. The second-order valence-corrected chi connectivity index (χ2v) is 5.80. The summed E-state index contributed by atoms with van der Waals surface area (Å²) in [5.74, 6) is 0.481. The van der Waals surface area contributed by atoms with Gasteiger partial charge < -0.3 is 4.74 Å². The number of ether oxygens (including phenoxy) is 1. The molecule has 0 spiro atoms. The Balaban J connectivity index is 1.52. The minimum atomic E-state index is -4.31. The van der Waals surface area contributed by atoms with E-state index >= 15 is 0 Å². The Morgan fingerprint density at radius 3 is 2.17 bits per heavy atom. The first kappa shape index (κ1) is 15.9. The van der Waals surface area contributed by atoms with Gasteiger partial charge in [-0.2, -0.15) is 13.2 Å². The van der Waals surface area contributed by atoms with E-state index in [9.17, 15) is 13.2 Å². The predicted octanol–water partition coefficient (Wildman–Crippen LogP) is 4.53. The van der Waals surface area contributed by atoms with Gasteiger partial charge in [0, 0.05) is 19.1 Å². The third-order valence-electron chi connectivity index (χ3n) is 4.19. The zero-order chi connectivity index (χ0) is 16.4. The highest BCUT2D eigenvalue weighted by Crippen LogP contribution is 2.31. The Labute approximate surface area is 133 Å². The monoisotopic (exact) mass is 321 g/mol. The lowest BCUT2D eigenvalue weighted by atomic mass is 10.0. The maximum Gasteiger partial charge on any atom is 0.416 e. The van der Waals surface area contributed by atoms with Crippen LogP contribution in [0.25, 0.3) is 0 Å². The molecule has 1 heterocycles. The number of benzene rings is 2. The molecule has 1 atom stereocenters. The maximum absolute atomic E-state index is 12.5. The van der Waals surface area contributed by atoms with Crippen molar-refractivity contribution < 1.29 is 17.9 Å². The Hall–Kier alpha value is -2.01. The summed E-state index contributed by atoms with van der Waals surface area (Å²) in [7, 11) is 0. The zero-order valence-electron chi connectivity index (χ0n) is 12.8. The minimum Gasteiger partial charge on any atom is -0.488 e. The molecule has 122 valence electrons. The van der Waals surface area contributed by atoms with Crippen molar-refractivity contribution in [2.75, 3.05) is 13.1 Å². The van der Waals surface area contributed by atoms with E-state index in [1.807, 2.05) is 18.2 Å². The first-order valence-electron chi connectivity index (χ1n) is 7.56. The lowest BCUT2D eigenvalue weighted by molar-refractivity contribution is -0.137. The topological polar surface area (TPSA) is 12.5 Å². The van der Waals surface area contributed by atoms with Crippen LogP contribution in [-0.2, 0) is 6.18 Å². The summed E-state index contributed by atoms with van der Waals surface area (Å²) in [4.78, 5) is 2.28. The standard InChI is InChI=1S/C18H18F3NO/c1-13(14-5-3-2-4-6-14)22-11-17(12-22)23-16-9-7-15(8-10-16)18(19,20)21/h2-10,13,17H,11-12H2,1H3. The summed E-state index contributed by atoms with van der Waals surface area (Å²) >= 11 is 0. The molecular formula is C18H18F3NO. The van der Waals surface area contributed by atoms with E-state index in [0.717, 1.165) is 25.2 Å². The highest BCUT2D eigenvalue weighted by molar-refractivity contribution is 5.29. The Morgan fingerprint density at radius 1 is 1.00 bits per heavy atom. The number of likely N-dealkylation sites (tertiary alicyclic amines) is 1. The van der Waals surface area contributed by atoms with Crippen molar-refractivity contribution in [1.29, 1.82) is 0 Å². The molecule has 1 aliphatic rings. The SMILES string of the molecule is CC(c1ccccc1)N1CC(Oc2ccc(C(F)(F)F)cc2)C1. The number of nitrogens with zero attached hydrogens (tertiary/aromatic N) is 1. The van der Waals surface area contributed by atoms with Crippen LogP contribution in [0.3, 0.4) is 0 Å². The van der Waals surface area contributed by atoms with Crippen LogP contribution in [0.5, 0.6) is 5.75 Å². The fourth-order valence-electron chi connectivity index (χ4n) is 2.72. The fourth-order valence-corrected chi connectivity index (χ4v) is 2.72. The molecule has 2 aromatic carbocycles. The molecule has 0 bridgehead atoms. The van der Waals surface area contributed by atoms with E-state index in [2.05, 4.69) is 24.0 Å². The van der Waals surface area contributed by atoms with Gasteiger partial charge in [-0.15, -0.1) is 0 Å². The smallest absolute Gasteiger partial charge is 0.416 e. The molecule has 23 heavy (non-hydrogen) atoms. The van der Waals surface area contributed by atoms with Gasteiger partial charge in [-0.1, -0.05) is 30.3 Å². The first-order chi connectivity index (χ1) is 10.9. The molecule has 0 amide bonds. The van der Waals surface area contributed by atoms with E-state index in [1.54, 1.807) is 0 Å². The summed E-state index contributed by atoms with van der Waals surface area (Å²) in [5, 5.41) is 0. The minimum absolute atomic E-state index is 0.0258. The van der Waals surface area contributed by atoms with Gasteiger partial charge in [0.1, 0.15) is 11.9 Å². The largest absolute Gasteiger partial charge is 0.488 e. The van der Waals surface area contributed by atoms with Gasteiger partial charge in [-0.05, 0) is 36.8 Å². The van der Waals surface area contributed by atoms with E-state index in [-0.39, 0.29) is 6.10 Å². The van der Waals surface area contributed by atoms with Crippen molar-refractivity contribution in [3.8, 4) is 5.75 Å². The molecule has 1 fully saturated rings. The lowest BCUT2D eigenvalue weighted by Gasteiger charge is -2.43. The third-order valence-corrected chi connectivity index (χ3v) is 4.19. The average molecular weight is 321 g/mol. The predicted molar refractivity (Wildman–Crippen MR) is 82.3 cm³/mol. The second kappa shape index (κ2) is 6.24. The molecule has 0 radical (unpaired) electrons. The molecule has 0 N–H and O–H groups in total. The fraction of sp³-hybridized carbons (Fsp3) is 0.333. The normalized spacial score (nSPS) is 17.6. The summed E-state index contributed by atoms with van der Waals surface area (Å²) in [6.45, 7) is 3.69. The van der Waals surface area contributed by atoms with Crippen LogP contribution in [0.15, 0.2) is 54.6 Å². The first-order valence-corrected chi connectivity index (χ1v) is 7.56. The molecule has 1 aliphatic heterocycles. The highest BCUT2D eigenvalue weighted by atomic mass is 19.4. The van der Waals surface area contributed by atoms with E-state index < -0.39 is 11.7 Å². The highest BCUT2D eigenvalue weighted by Gasteiger charge is 2.33. The van der Waals surface area contributed by atoms with Crippen molar-refractivity contribution >= 4 is 0 Å². The molecule has 1 saturated heterocycles. The molecule has 3 rings (SSSR count). The molecule has 5 heteroatoms. The Kier molecular flexibility index (Phi) is 4.31. The van der Waals surface area contributed by atoms with E-state index in [1.165, 1.54) is 17.7 Å².